The minimum atomic E-state index is -0.862. The van der Waals surface area contributed by atoms with Crippen molar-refractivity contribution in [2.45, 2.75) is 19.1 Å². The second kappa shape index (κ2) is 6.14. The van der Waals surface area contributed by atoms with Crippen molar-refractivity contribution < 1.29 is 13.9 Å². The molecule has 0 aliphatic heterocycles. The van der Waals surface area contributed by atoms with Gasteiger partial charge in [0.25, 0.3) is 0 Å². The molecule has 0 radical (unpaired) electrons. The van der Waals surface area contributed by atoms with E-state index in [1.807, 2.05) is 30.3 Å². The lowest BCUT2D eigenvalue weighted by Gasteiger charge is -2.09. The number of esters is 1. The molecule has 1 aromatic rings. The van der Waals surface area contributed by atoms with Crippen LogP contribution in [0.4, 0.5) is 4.39 Å². The van der Waals surface area contributed by atoms with Crippen molar-refractivity contribution in [1.82, 2.24) is 0 Å². The first-order valence-electron chi connectivity index (χ1n) is 4.76. The van der Waals surface area contributed by atoms with Crippen molar-refractivity contribution in [2.75, 3.05) is 6.67 Å². The fraction of sp³-hybridized carbons (Fsp3) is 0.364. The van der Waals surface area contributed by atoms with Crippen molar-refractivity contribution in [3.63, 3.8) is 0 Å². The molecule has 2 N–H and O–H groups in total. The Morgan fingerprint density at radius 1 is 1.40 bits per heavy atom. The third-order valence-corrected chi connectivity index (χ3v) is 1.95. The van der Waals surface area contributed by atoms with Crippen LogP contribution < -0.4 is 5.73 Å². The molecule has 0 saturated heterocycles. The average Bonchev–Trinajstić information content (AvgIpc) is 2.27. The first kappa shape index (κ1) is 11.7. The Morgan fingerprint density at radius 2 is 2.07 bits per heavy atom. The van der Waals surface area contributed by atoms with Gasteiger partial charge >= 0.3 is 5.97 Å². The van der Waals surface area contributed by atoms with E-state index in [9.17, 15) is 9.18 Å². The number of carbonyl (C=O) groups excluding carboxylic acids is 1. The fourth-order valence-corrected chi connectivity index (χ4v) is 1.07. The molecular formula is C11H14FNO2. The van der Waals surface area contributed by atoms with Crippen LogP contribution in [0.15, 0.2) is 30.3 Å². The predicted octanol–water partition coefficient (Wildman–Crippen LogP) is 1.42. The van der Waals surface area contributed by atoms with Gasteiger partial charge in [-0.05, 0) is 5.56 Å². The number of hydrogen-bond acceptors (Lipinski definition) is 3. The van der Waals surface area contributed by atoms with Gasteiger partial charge in [-0.25, -0.2) is 0 Å². The van der Waals surface area contributed by atoms with E-state index in [1.54, 1.807) is 0 Å². The lowest BCUT2D eigenvalue weighted by molar-refractivity contribution is -0.146. The van der Waals surface area contributed by atoms with Crippen LogP contribution in [0.1, 0.15) is 12.0 Å². The van der Waals surface area contributed by atoms with Crippen LogP contribution >= 0.6 is 0 Å². The summed E-state index contributed by atoms with van der Waals surface area (Å²) in [6.07, 6.45) is 0.00756. The number of alkyl halides is 1. The van der Waals surface area contributed by atoms with Crippen molar-refractivity contribution in [3.05, 3.63) is 35.9 Å². The molecule has 1 rings (SSSR count). The highest BCUT2D eigenvalue weighted by molar-refractivity contribution is 5.75. The van der Waals surface area contributed by atoms with Crippen molar-refractivity contribution in [2.24, 2.45) is 5.73 Å². The first-order valence-corrected chi connectivity index (χ1v) is 4.76. The highest BCUT2D eigenvalue weighted by Gasteiger charge is 2.14. The summed E-state index contributed by atoms with van der Waals surface area (Å²) in [5, 5.41) is 0. The molecule has 1 unspecified atom stereocenters. The molecule has 0 amide bonds. The zero-order chi connectivity index (χ0) is 11.1. The summed E-state index contributed by atoms with van der Waals surface area (Å²) < 4.78 is 16.8. The van der Waals surface area contributed by atoms with Gasteiger partial charge in [-0.1, -0.05) is 30.3 Å². The summed E-state index contributed by atoms with van der Waals surface area (Å²) in [6, 6.07) is 8.40. The third kappa shape index (κ3) is 4.08. The Kier molecular flexibility index (Phi) is 4.77. The third-order valence-electron chi connectivity index (χ3n) is 1.95. The SMILES string of the molecule is NC(CCF)C(=O)OCc1ccccc1. The van der Waals surface area contributed by atoms with E-state index in [-0.39, 0.29) is 13.0 Å². The van der Waals surface area contributed by atoms with E-state index < -0.39 is 18.7 Å². The maximum Gasteiger partial charge on any atom is 0.323 e. The molecule has 3 nitrogen and oxygen atoms in total. The fourth-order valence-electron chi connectivity index (χ4n) is 1.07. The summed E-state index contributed by atoms with van der Waals surface area (Å²) in [6.45, 7) is -0.429. The Bertz CT molecular complexity index is 303. The van der Waals surface area contributed by atoms with E-state index in [4.69, 9.17) is 10.5 Å². The molecule has 0 spiro atoms. The van der Waals surface area contributed by atoms with Gasteiger partial charge < -0.3 is 10.5 Å². The Morgan fingerprint density at radius 3 is 2.67 bits per heavy atom. The van der Waals surface area contributed by atoms with Gasteiger partial charge in [-0.3, -0.25) is 9.18 Å². The molecule has 0 heterocycles. The molecule has 0 aliphatic rings. The zero-order valence-corrected chi connectivity index (χ0v) is 8.36. The molecule has 0 fully saturated rings. The number of ether oxygens (including phenoxy) is 1. The molecule has 0 aromatic heterocycles. The Labute approximate surface area is 88.0 Å². The Hall–Kier alpha value is -1.42. The van der Waals surface area contributed by atoms with Gasteiger partial charge in [0, 0.05) is 6.42 Å². The Balaban J connectivity index is 2.34. The maximum absolute atomic E-state index is 11.9. The van der Waals surface area contributed by atoms with Gasteiger partial charge in [0.15, 0.2) is 0 Å². The predicted molar refractivity (Wildman–Crippen MR) is 54.8 cm³/mol. The summed E-state index contributed by atoms with van der Waals surface area (Å²) in [7, 11) is 0. The van der Waals surface area contributed by atoms with Gasteiger partial charge in [0.1, 0.15) is 12.6 Å². The van der Waals surface area contributed by atoms with Crippen LogP contribution in [0.2, 0.25) is 0 Å². The van der Waals surface area contributed by atoms with Gasteiger partial charge in [0.2, 0.25) is 0 Å². The molecule has 15 heavy (non-hydrogen) atoms. The van der Waals surface area contributed by atoms with Gasteiger partial charge in [-0.2, -0.15) is 0 Å². The lowest BCUT2D eigenvalue weighted by atomic mass is 10.2. The molecule has 4 heteroatoms. The molecule has 82 valence electrons. The standard InChI is InChI=1S/C11H14FNO2/c12-7-6-10(13)11(14)15-8-9-4-2-1-3-5-9/h1-5,10H,6-8,13H2. The molecule has 0 aliphatic carbocycles. The van der Waals surface area contributed by atoms with Crippen LogP contribution in [-0.4, -0.2) is 18.7 Å². The van der Waals surface area contributed by atoms with Crippen LogP contribution in [-0.2, 0) is 16.1 Å². The molecule has 1 aromatic carbocycles. The molecular weight excluding hydrogens is 197 g/mol. The van der Waals surface area contributed by atoms with E-state index in [1.165, 1.54) is 0 Å². The van der Waals surface area contributed by atoms with E-state index in [2.05, 4.69) is 0 Å². The van der Waals surface area contributed by atoms with Crippen LogP contribution in [0, 0.1) is 0 Å². The van der Waals surface area contributed by atoms with Crippen LogP contribution in [0.3, 0.4) is 0 Å². The number of benzene rings is 1. The number of carbonyl (C=O) groups is 1. The molecule has 0 saturated carbocycles. The maximum atomic E-state index is 11.9. The normalized spacial score (nSPS) is 12.1. The highest BCUT2D eigenvalue weighted by Crippen LogP contribution is 2.02. The number of nitrogens with two attached hydrogens (primary N) is 1. The van der Waals surface area contributed by atoms with Crippen molar-refractivity contribution in [1.29, 1.82) is 0 Å². The summed E-state index contributed by atoms with van der Waals surface area (Å²) in [4.78, 5) is 11.2. The van der Waals surface area contributed by atoms with Crippen molar-refractivity contribution >= 4 is 5.97 Å². The minimum Gasteiger partial charge on any atom is -0.460 e. The second-order valence-electron chi connectivity index (χ2n) is 3.18. The smallest absolute Gasteiger partial charge is 0.323 e. The molecule has 1 atom stereocenters. The van der Waals surface area contributed by atoms with Crippen LogP contribution in [0.5, 0.6) is 0 Å². The van der Waals surface area contributed by atoms with Gasteiger partial charge in [0.05, 0.1) is 6.67 Å². The zero-order valence-electron chi connectivity index (χ0n) is 8.36. The highest BCUT2D eigenvalue weighted by atomic mass is 19.1. The number of hydrogen-bond donors (Lipinski definition) is 1. The van der Waals surface area contributed by atoms with E-state index >= 15 is 0 Å². The lowest BCUT2D eigenvalue weighted by Crippen LogP contribution is -2.32. The minimum absolute atomic E-state index is 0.00756. The van der Waals surface area contributed by atoms with Gasteiger partial charge in [-0.15, -0.1) is 0 Å². The molecule has 0 bridgehead atoms. The summed E-state index contributed by atoms with van der Waals surface area (Å²) >= 11 is 0. The summed E-state index contributed by atoms with van der Waals surface area (Å²) in [5.74, 6) is -0.559. The largest absolute Gasteiger partial charge is 0.460 e. The monoisotopic (exact) mass is 211 g/mol. The van der Waals surface area contributed by atoms with Crippen molar-refractivity contribution in [3.8, 4) is 0 Å². The average molecular weight is 211 g/mol. The van der Waals surface area contributed by atoms with E-state index in [0.717, 1.165) is 5.56 Å². The van der Waals surface area contributed by atoms with Crippen LogP contribution in [0.25, 0.3) is 0 Å². The van der Waals surface area contributed by atoms with E-state index in [0.29, 0.717) is 0 Å². The number of halogens is 1. The number of rotatable bonds is 5. The topological polar surface area (TPSA) is 52.3 Å². The second-order valence-corrected chi connectivity index (χ2v) is 3.18. The quantitative estimate of drug-likeness (QED) is 0.749. The first-order chi connectivity index (χ1) is 7.24. The summed E-state index contributed by atoms with van der Waals surface area (Å²) in [5.41, 5.74) is 6.26.